The number of aryl methyl sites for hydroxylation is 1. The number of rotatable bonds is 3. The minimum Gasteiger partial charge on any atom is -0.329 e. The van der Waals surface area contributed by atoms with Gasteiger partial charge < -0.3 is 4.84 Å². The lowest BCUT2D eigenvalue weighted by Gasteiger charge is -2.13. The van der Waals surface area contributed by atoms with Crippen molar-refractivity contribution < 1.29 is 23.6 Å². The molecular formula is C17H12FNO4. The molecule has 0 atom stereocenters. The van der Waals surface area contributed by atoms with Gasteiger partial charge in [0.1, 0.15) is 5.82 Å². The zero-order valence-electron chi connectivity index (χ0n) is 12.2. The molecule has 6 heteroatoms. The van der Waals surface area contributed by atoms with Crippen LogP contribution in [-0.4, -0.2) is 22.8 Å². The van der Waals surface area contributed by atoms with Crippen molar-refractivity contribution in [2.45, 2.75) is 13.3 Å². The molecule has 0 fully saturated rings. The van der Waals surface area contributed by atoms with Gasteiger partial charge >= 0.3 is 5.97 Å². The van der Waals surface area contributed by atoms with Gasteiger partial charge in [-0.05, 0) is 30.7 Å². The Morgan fingerprint density at radius 3 is 2.30 bits per heavy atom. The van der Waals surface area contributed by atoms with E-state index in [0.717, 1.165) is 5.56 Å². The van der Waals surface area contributed by atoms with Gasteiger partial charge in [0, 0.05) is 0 Å². The lowest BCUT2D eigenvalue weighted by atomic mass is 10.1. The number of benzene rings is 2. The first-order chi connectivity index (χ1) is 11.0. The Morgan fingerprint density at radius 1 is 1.09 bits per heavy atom. The molecule has 1 heterocycles. The van der Waals surface area contributed by atoms with Crippen LogP contribution in [0.15, 0.2) is 42.5 Å². The molecule has 1 aliphatic heterocycles. The number of amides is 2. The van der Waals surface area contributed by atoms with Gasteiger partial charge in [-0.25, -0.2) is 9.18 Å². The van der Waals surface area contributed by atoms with Crippen LogP contribution in [0.5, 0.6) is 0 Å². The Morgan fingerprint density at radius 2 is 1.70 bits per heavy atom. The van der Waals surface area contributed by atoms with Crippen molar-refractivity contribution in [2.24, 2.45) is 0 Å². The van der Waals surface area contributed by atoms with Gasteiger partial charge in [0.25, 0.3) is 11.8 Å². The number of hydrogen-bond donors (Lipinski definition) is 0. The molecule has 3 rings (SSSR count). The molecule has 0 aromatic heterocycles. The summed E-state index contributed by atoms with van der Waals surface area (Å²) in [7, 11) is 0. The summed E-state index contributed by atoms with van der Waals surface area (Å²) in [6.07, 6.45) is -0.374. The van der Waals surface area contributed by atoms with E-state index in [-0.39, 0.29) is 23.1 Å². The van der Waals surface area contributed by atoms with Gasteiger partial charge in [-0.2, -0.15) is 0 Å². The van der Waals surface area contributed by atoms with E-state index in [2.05, 4.69) is 0 Å². The van der Waals surface area contributed by atoms with Gasteiger partial charge in [-0.3, -0.25) is 9.59 Å². The molecule has 0 saturated heterocycles. The fourth-order valence-corrected chi connectivity index (χ4v) is 2.38. The first-order valence-corrected chi connectivity index (χ1v) is 6.91. The second kappa shape index (κ2) is 5.64. The third kappa shape index (κ3) is 2.70. The standard InChI is InChI=1S/C17H12FNO4/c1-10-6-7-14(18)11(8-10)9-15(20)23-19-16(21)12-4-2-3-5-13(12)17(19)22/h2-8H,9H2,1H3. The monoisotopic (exact) mass is 313 g/mol. The van der Waals surface area contributed by atoms with E-state index >= 15 is 0 Å². The quantitative estimate of drug-likeness (QED) is 0.816. The van der Waals surface area contributed by atoms with Crippen molar-refractivity contribution in [1.82, 2.24) is 5.06 Å². The molecule has 116 valence electrons. The van der Waals surface area contributed by atoms with Crippen molar-refractivity contribution in [1.29, 1.82) is 0 Å². The van der Waals surface area contributed by atoms with E-state index in [9.17, 15) is 18.8 Å². The lowest BCUT2D eigenvalue weighted by Crippen LogP contribution is -2.33. The first kappa shape index (κ1) is 14.9. The SMILES string of the molecule is Cc1ccc(F)c(CC(=O)ON2C(=O)c3ccccc3C2=O)c1. The van der Waals surface area contributed by atoms with Crippen LogP contribution < -0.4 is 0 Å². The zero-order chi connectivity index (χ0) is 16.6. The fraction of sp³-hybridized carbons (Fsp3) is 0.118. The van der Waals surface area contributed by atoms with E-state index in [1.54, 1.807) is 25.1 Å². The molecule has 5 nitrogen and oxygen atoms in total. The number of hydroxylamine groups is 2. The minimum absolute atomic E-state index is 0.145. The summed E-state index contributed by atoms with van der Waals surface area (Å²) in [5, 5.41) is 0.417. The van der Waals surface area contributed by atoms with Crippen molar-refractivity contribution in [3.8, 4) is 0 Å². The molecule has 0 bridgehead atoms. The number of carbonyl (C=O) groups is 3. The number of hydrogen-bond acceptors (Lipinski definition) is 4. The van der Waals surface area contributed by atoms with E-state index in [0.29, 0.717) is 5.06 Å². The topological polar surface area (TPSA) is 63.7 Å². The third-order valence-corrected chi connectivity index (χ3v) is 3.49. The fourth-order valence-electron chi connectivity index (χ4n) is 2.38. The van der Waals surface area contributed by atoms with Crippen LogP contribution in [0.3, 0.4) is 0 Å². The van der Waals surface area contributed by atoms with Crippen molar-refractivity contribution in [3.05, 3.63) is 70.5 Å². The molecule has 1 aliphatic rings. The molecule has 0 N–H and O–H groups in total. The summed E-state index contributed by atoms with van der Waals surface area (Å²) in [6, 6.07) is 10.5. The summed E-state index contributed by atoms with van der Waals surface area (Å²) in [5.74, 6) is -2.84. The summed E-state index contributed by atoms with van der Waals surface area (Å²) < 4.78 is 13.7. The second-order valence-electron chi connectivity index (χ2n) is 5.19. The predicted octanol–water partition coefficient (Wildman–Crippen LogP) is 2.43. The van der Waals surface area contributed by atoms with Crippen molar-refractivity contribution >= 4 is 17.8 Å². The van der Waals surface area contributed by atoms with Crippen molar-refractivity contribution in [2.75, 3.05) is 0 Å². The maximum absolute atomic E-state index is 13.7. The number of fused-ring (bicyclic) bond motifs is 1. The minimum atomic E-state index is -0.885. The van der Waals surface area contributed by atoms with Crippen LogP contribution in [0.25, 0.3) is 0 Å². The molecule has 0 radical (unpaired) electrons. The van der Waals surface area contributed by atoms with Gasteiger partial charge in [0.2, 0.25) is 0 Å². The molecular weight excluding hydrogens is 301 g/mol. The highest BCUT2D eigenvalue weighted by Gasteiger charge is 2.38. The van der Waals surface area contributed by atoms with Crippen LogP contribution in [0, 0.1) is 12.7 Å². The van der Waals surface area contributed by atoms with Crippen LogP contribution >= 0.6 is 0 Å². The normalized spacial score (nSPS) is 13.2. The van der Waals surface area contributed by atoms with Crippen LogP contribution in [0.1, 0.15) is 31.8 Å². The number of halogens is 1. The Labute approximate surface area is 131 Å². The lowest BCUT2D eigenvalue weighted by molar-refractivity contribution is -0.167. The number of nitrogens with zero attached hydrogens (tertiary/aromatic N) is 1. The first-order valence-electron chi connectivity index (χ1n) is 6.91. The van der Waals surface area contributed by atoms with Gasteiger partial charge in [-0.15, -0.1) is 0 Å². The summed E-state index contributed by atoms with van der Waals surface area (Å²) >= 11 is 0. The predicted molar refractivity (Wildman–Crippen MR) is 77.9 cm³/mol. The highest BCUT2D eigenvalue weighted by Crippen LogP contribution is 2.23. The number of carbonyl (C=O) groups excluding carboxylic acids is 3. The maximum Gasteiger partial charge on any atom is 0.337 e. The smallest absolute Gasteiger partial charge is 0.329 e. The molecule has 23 heavy (non-hydrogen) atoms. The summed E-state index contributed by atoms with van der Waals surface area (Å²) in [5.41, 5.74) is 1.28. The maximum atomic E-state index is 13.7. The molecule has 2 aromatic carbocycles. The molecule has 0 saturated carbocycles. The zero-order valence-corrected chi connectivity index (χ0v) is 12.2. The molecule has 0 aliphatic carbocycles. The Balaban J connectivity index is 1.76. The van der Waals surface area contributed by atoms with E-state index in [1.165, 1.54) is 24.3 Å². The molecule has 2 aromatic rings. The average Bonchev–Trinajstić information content (AvgIpc) is 2.76. The molecule has 2 amide bonds. The van der Waals surface area contributed by atoms with E-state index in [4.69, 9.17) is 4.84 Å². The molecule has 0 spiro atoms. The Bertz CT molecular complexity index is 796. The van der Waals surface area contributed by atoms with E-state index in [1.807, 2.05) is 0 Å². The van der Waals surface area contributed by atoms with Gasteiger partial charge in [-0.1, -0.05) is 34.9 Å². The van der Waals surface area contributed by atoms with Gasteiger partial charge in [0.05, 0.1) is 17.5 Å². The third-order valence-electron chi connectivity index (χ3n) is 3.49. The average molecular weight is 313 g/mol. The Hall–Kier alpha value is -3.02. The van der Waals surface area contributed by atoms with Crippen LogP contribution in [-0.2, 0) is 16.1 Å². The number of imide groups is 1. The largest absolute Gasteiger partial charge is 0.337 e. The summed E-state index contributed by atoms with van der Waals surface area (Å²) in [6.45, 7) is 1.76. The highest BCUT2D eigenvalue weighted by molar-refractivity contribution is 6.20. The van der Waals surface area contributed by atoms with Crippen LogP contribution in [0.2, 0.25) is 0 Å². The molecule has 0 unspecified atom stereocenters. The van der Waals surface area contributed by atoms with Crippen LogP contribution in [0.4, 0.5) is 4.39 Å². The highest BCUT2D eigenvalue weighted by atomic mass is 19.1. The second-order valence-corrected chi connectivity index (χ2v) is 5.19. The summed E-state index contributed by atoms with van der Waals surface area (Å²) in [4.78, 5) is 40.9. The van der Waals surface area contributed by atoms with Crippen molar-refractivity contribution in [3.63, 3.8) is 0 Å². The Kier molecular flexibility index (Phi) is 3.65. The van der Waals surface area contributed by atoms with E-state index < -0.39 is 23.6 Å². The van der Waals surface area contributed by atoms with Gasteiger partial charge in [0.15, 0.2) is 0 Å².